The number of thioether (sulfide) groups is 1. The van der Waals surface area contributed by atoms with E-state index in [1.165, 1.54) is 23.5 Å². The van der Waals surface area contributed by atoms with Crippen LogP contribution in [0.25, 0.3) is 0 Å². The van der Waals surface area contributed by atoms with Crippen molar-refractivity contribution in [3.05, 3.63) is 44.9 Å². The van der Waals surface area contributed by atoms with Gasteiger partial charge in [-0.3, -0.25) is 0 Å². The molecule has 0 spiro atoms. The molecule has 25 heavy (non-hydrogen) atoms. The van der Waals surface area contributed by atoms with Crippen LogP contribution in [0, 0.1) is 12.7 Å². The normalized spacial score (nSPS) is 12.6. The molecule has 2 nitrogen and oxygen atoms in total. The highest BCUT2D eigenvalue weighted by atomic mass is 35.5. The third-order valence-electron chi connectivity index (χ3n) is 3.08. The lowest BCUT2D eigenvalue weighted by atomic mass is 10.2. The predicted molar refractivity (Wildman–Crippen MR) is 97.1 cm³/mol. The van der Waals surface area contributed by atoms with Crippen molar-refractivity contribution in [1.82, 2.24) is 4.90 Å². The largest absolute Gasteiger partial charge is 0.398 e. The van der Waals surface area contributed by atoms with Gasteiger partial charge in [-0.25, -0.2) is 9.38 Å². The fourth-order valence-electron chi connectivity index (χ4n) is 1.97. The Morgan fingerprint density at radius 3 is 2.48 bits per heavy atom. The smallest absolute Gasteiger partial charge is 0.362 e. The van der Waals surface area contributed by atoms with Crippen LogP contribution in [0.4, 0.5) is 23.2 Å². The summed E-state index contributed by atoms with van der Waals surface area (Å²) in [5.41, 5.74) is 0.430. The zero-order valence-electron chi connectivity index (χ0n) is 13.6. The molecule has 0 fully saturated rings. The fourth-order valence-corrected chi connectivity index (χ4v) is 3.88. The highest BCUT2D eigenvalue weighted by molar-refractivity contribution is 7.99. The molecular weight excluding hydrogens is 396 g/mol. The highest BCUT2D eigenvalue weighted by Crippen LogP contribution is 2.34. The number of aryl methyl sites for hydroxylation is 1. The van der Waals surface area contributed by atoms with Crippen LogP contribution in [0.15, 0.2) is 34.2 Å². The summed E-state index contributed by atoms with van der Waals surface area (Å²) < 4.78 is 52.2. The lowest BCUT2D eigenvalue weighted by molar-refractivity contribution is -0.105. The fraction of sp³-hybridized carbons (Fsp3) is 0.312. The molecule has 0 amide bonds. The number of nitrogens with zero attached hydrogens (tertiary/aromatic N) is 2. The Bertz CT molecular complexity index is 785. The number of hydrogen-bond donors (Lipinski definition) is 0. The highest BCUT2D eigenvalue weighted by Gasteiger charge is 2.27. The average Bonchev–Trinajstić information content (AvgIpc) is 2.90. The molecule has 2 rings (SSSR count). The Labute approximate surface area is 156 Å². The van der Waals surface area contributed by atoms with E-state index in [0.29, 0.717) is 32.4 Å². The molecule has 0 aliphatic heterocycles. The quantitative estimate of drug-likeness (QED) is 0.260. The molecule has 0 aliphatic carbocycles. The number of thiophene rings is 1. The van der Waals surface area contributed by atoms with E-state index >= 15 is 0 Å². The van der Waals surface area contributed by atoms with Gasteiger partial charge < -0.3 is 4.90 Å². The molecule has 1 aromatic heterocycles. The second-order valence-corrected chi connectivity index (χ2v) is 8.14. The Morgan fingerprint density at radius 2 is 1.96 bits per heavy atom. The molecule has 1 heterocycles. The van der Waals surface area contributed by atoms with Gasteiger partial charge in [-0.1, -0.05) is 11.6 Å². The van der Waals surface area contributed by atoms with Crippen LogP contribution in [0.1, 0.15) is 10.4 Å². The van der Waals surface area contributed by atoms with E-state index in [4.69, 9.17) is 11.6 Å². The third kappa shape index (κ3) is 5.62. The molecule has 0 N–H and O–H groups in total. The Kier molecular flexibility index (Phi) is 6.40. The summed E-state index contributed by atoms with van der Waals surface area (Å²) in [5.74, 6) is -1.15. The second-order valence-electron chi connectivity index (χ2n) is 5.41. The Morgan fingerprint density at radius 1 is 1.28 bits per heavy atom. The summed E-state index contributed by atoms with van der Waals surface area (Å²) in [6.45, 7) is 1.57. The summed E-state index contributed by atoms with van der Waals surface area (Å²) in [7, 11) is 3.50. The zero-order valence-corrected chi connectivity index (χ0v) is 16.0. The van der Waals surface area contributed by atoms with E-state index in [-0.39, 0.29) is 5.69 Å². The molecule has 0 saturated heterocycles. The molecule has 2 aromatic rings. The first-order valence-electron chi connectivity index (χ1n) is 7.08. The van der Waals surface area contributed by atoms with Crippen LogP contribution in [0.5, 0.6) is 0 Å². The standard InChI is InChI=1S/C16H15ClF4N2S2/c1-9-6-10(18)11(7-13(9)24-8-16(19,20)21)22-15(23(2)3)12-4-5-14(17)25-12/h4-7H,8H2,1-3H3. The number of alkyl halides is 3. The lowest BCUT2D eigenvalue weighted by Gasteiger charge is -2.15. The van der Waals surface area contributed by atoms with Crippen LogP contribution >= 0.6 is 34.7 Å². The first kappa shape index (κ1) is 20.1. The van der Waals surface area contributed by atoms with E-state index in [1.807, 2.05) is 0 Å². The third-order valence-corrected chi connectivity index (χ3v) is 5.53. The van der Waals surface area contributed by atoms with Crippen LogP contribution < -0.4 is 0 Å². The van der Waals surface area contributed by atoms with Gasteiger partial charge in [0.1, 0.15) is 17.3 Å². The summed E-state index contributed by atoms with van der Waals surface area (Å²) in [5, 5.41) is 0. The first-order valence-corrected chi connectivity index (χ1v) is 9.26. The number of benzene rings is 1. The van der Waals surface area contributed by atoms with Crippen molar-refractivity contribution in [2.45, 2.75) is 18.0 Å². The van der Waals surface area contributed by atoms with Crippen molar-refractivity contribution in [2.24, 2.45) is 4.99 Å². The van der Waals surface area contributed by atoms with Gasteiger partial charge in [0.2, 0.25) is 0 Å². The van der Waals surface area contributed by atoms with Crippen molar-refractivity contribution >= 4 is 46.2 Å². The van der Waals surface area contributed by atoms with E-state index in [2.05, 4.69) is 4.99 Å². The van der Waals surface area contributed by atoms with Gasteiger partial charge in [0, 0.05) is 19.0 Å². The number of aliphatic imine (C=N–C) groups is 1. The molecule has 0 saturated carbocycles. The van der Waals surface area contributed by atoms with Crippen LogP contribution in [0.3, 0.4) is 0 Å². The minimum Gasteiger partial charge on any atom is -0.362 e. The molecule has 0 unspecified atom stereocenters. The summed E-state index contributed by atoms with van der Waals surface area (Å²) in [6, 6.07) is 6.01. The van der Waals surface area contributed by atoms with Gasteiger partial charge in [0.15, 0.2) is 0 Å². The number of hydrogen-bond acceptors (Lipinski definition) is 3. The zero-order chi connectivity index (χ0) is 18.8. The molecule has 0 aliphatic rings. The van der Waals surface area contributed by atoms with Gasteiger partial charge in [0.25, 0.3) is 0 Å². The van der Waals surface area contributed by atoms with E-state index in [9.17, 15) is 17.6 Å². The van der Waals surface area contributed by atoms with Crippen LogP contribution in [-0.4, -0.2) is 36.8 Å². The first-order chi connectivity index (χ1) is 11.6. The maximum absolute atomic E-state index is 14.3. The summed E-state index contributed by atoms with van der Waals surface area (Å²) in [6.07, 6.45) is -4.29. The predicted octanol–water partition coefficient (Wildman–Crippen LogP) is 6.14. The van der Waals surface area contributed by atoms with Crippen molar-refractivity contribution in [2.75, 3.05) is 19.8 Å². The van der Waals surface area contributed by atoms with E-state index in [1.54, 1.807) is 38.1 Å². The minimum atomic E-state index is -4.29. The number of halogens is 5. The van der Waals surface area contributed by atoms with Crippen molar-refractivity contribution in [3.63, 3.8) is 0 Å². The summed E-state index contributed by atoms with van der Waals surface area (Å²) in [4.78, 5) is 7.09. The number of rotatable bonds is 4. The Hall–Kier alpha value is -1.25. The molecule has 9 heteroatoms. The molecule has 0 atom stereocenters. The monoisotopic (exact) mass is 410 g/mol. The van der Waals surface area contributed by atoms with Gasteiger partial charge in [-0.15, -0.1) is 23.1 Å². The second kappa shape index (κ2) is 7.97. The maximum atomic E-state index is 14.3. The van der Waals surface area contributed by atoms with Gasteiger partial charge >= 0.3 is 6.18 Å². The van der Waals surface area contributed by atoms with Gasteiger partial charge in [-0.2, -0.15) is 13.2 Å². The van der Waals surface area contributed by atoms with Crippen molar-refractivity contribution in [1.29, 1.82) is 0 Å². The van der Waals surface area contributed by atoms with Crippen LogP contribution in [-0.2, 0) is 0 Å². The maximum Gasteiger partial charge on any atom is 0.398 e. The Balaban J connectivity index is 2.42. The molecule has 0 radical (unpaired) electrons. The van der Waals surface area contributed by atoms with E-state index < -0.39 is 17.7 Å². The van der Waals surface area contributed by atoms with Gasteiger partial charge in [0.05, 0.1) is 15.0 Å². The molecule has 0 bridgehead atoms. The van der Waals surface area contributed by atoms with Crippen molar-refractivity contribution in [3.8, 4) is 0 Å². The minimum absolute atomic E-state index is 0.0107. The topological polar surface area (TPSA) is 15.6 Å². The molecular formula is C16H15ClF4N2S2. The summed E-state index contributed by atoms with van der Waals surface area (Å²) >= 11 is 7.84. The SMILES string of the molecule is Cc1cc(F)c(N=C(c2ccc(Cl)s2)N(C)C)cc1SCC(F)(F)F. The lowest BCUT2D eigenvalue weighted by Crippen LogP contribution is -2.21. The van der Waals surface area contributed by atoms with Gasteiger partial charge in [-0.05, 0) is 36.8 Å². The van der Waals surface area contributed by atoms with Crippen LogP contribution in [0.2, 0.25) is 4.34 Å². The molecule has 136 valence electrons. The average molecular weight is 411 g/mol. The number of amidine groups is 1. The van der Waals surface area contributed by atoms with Crippen molar-refractivity contribution < 1.29 is 17.6 Å². The van der Waals surface area contributed by atoms with E-state index in [0.717, 1.165) is 4.88 Å². The molecule has 1 aromatic carbocycles.